The molecule has 112 valence electrons. The van der Waals surface area contributed by atoms with Gasteiger partial charge in [0.25, 0.3) is 0 Å². The fourth-order valence-electron chi connectivity index (χ4n) is 3.62. The summed E-state index contributed by atoms with van der Waals surface area (Å²) in [6, 6.07) is 7.18. The van der Waals surface area contributed by atoms with Crippen LogP contribution < -0.4 is 5.32 Å². The van der Waals surface area contributed by atoms with Crippen LogP contribution in [0.5, 0.6) is 0 Å². The van der Waals surface area contributed by atoms with Gasteiger partial charge in [-0.15, -0.1) is 0 Å². The van der Waals surface area contributed by atoms with Gasteiger partial charge < -0.3 is 5.32 Å². The molecule has 1 fully saturated rings. The van der Waals surface area contributed by atoms with Crippen molar-refractivity contribution in [1.29, 1.82) is 5.26 Å². The predicted octanol–water partition coefficient (Wildman–Crippen LogP) is 2.45. The highest BCUT2D eigenvalue weighted by Crippen LogP contribution is 2.33. The Bertz CT molecular complexity index is 766. The third-order valence-corrected chi connectivity index (χ3v) is 4.75. The smallest absolute Gasteiger partial charge is 0.123 e. The Labute approximate surface area is 128 Å². The minimum Gasteiger partial charge on any atom is -0.317 e. The van der Waals surface area contributed by atoms with Crippen LogP contribution in [0.25, 0.3) is 5.69 Å². The molecule has 1 N–H and O–H groups in total. The van der Waals surface area contributed by atoms with E-state index in [0.717, 1.165) is 67.0 Å². The molecule has 1 aromatic heterocycles. The van der Waals surface area contributed by atoms with Crippen molar-refractivity contribution >= 4 is 0 Å². The molecule has 0 saturated carbocycles. The van der Waals surface area contributed by atoms with Crippen LogP contribution in [-0.2, 0) is 12.8 Å². The van der Waals surface area contributed by atoms with E-state index in [1.807, 2.05) is 4.68 Å². The summed E-state index contributed by atoms with van der Waals surface area (Å²) < 4.78 is 15.3. The molecule has 0 spiro atoms. The first kappa shape index (κ1) is 13.5. The Kier molecular flexibility index (Phi) is 3.20. The number of hydrogen-bond acceptors (Lipinski definition) is 3. The summed E-state index contributed by atoms with van der Waals surface area (Å²) in [5, 5.41) is 17.7. The lowest BCUT2D eigenvalue weighted by Crippen LogP contribution is -2.27. The van der Waals surface area contributed by atoms with Gasteiger partial charge in [0.2, 0.25) is 0 Å². The van der Waals surface area contributed by atoms with Crippen molar-refractivity contribution in [1.82, 2.24) is 15.1 Å². The van der Waals surface area contributed by atoms with Gasteiger partial charge in [-0.3, -0.25) is 0 Å². The van der Waals surface area contributed by atoms with Crippen LogP contribution in [0.1, 0.15) is 41.3 Å². The molecule has 0 amide bonds. The molecular weight excluding hydrogens is 279 g/mol. The number of nitriles is 1. The van der Waals surface area contributed by atoms with Crippen molar-refractivity contribution in [3.63, 3.8) is 0 Å². The highest BCUT2D eigenvalue weighted by atomic mass is 19.1. The molecule has 1 aromatic carbocycles. The number of aromatic nitrogens is 2. The second-order valence-corrected chi connectivity index (χ2v) is 6.03. The van der Waals surface area contributed by atoms with Gasteiger partial charge in [-0.2, -0.15) is 10.4 Å². The number of halogens is 1. The lowest BCUT2D eigenvalue weighted by molar-refractivity contribution is 0.450. The summed E-state index contributed by atoms with van der Waals surface area (Å²) >= 11 is 0. The van der Waals surface area contributed by atoms with E-state index in [9.17, 15) is 9.65 Å². The summed E-state index contributed by atoms with van der Waals surface area (Å²) in [5.74, 6) is 0.131. The molecule has 0 unspecified atom stereocenters. The van der Waals surface area contributed by atoms with Crippen molar-refractivity contribution in [3.05, 3.63) is 46.5 Å². The zero-order valence-electron chi connectivity index (χ0n) is 12.3. The van der Waals surface area contributed by atoms with E-state index in [0.29, 0.717) is 5.92 Å². The first-order valence-electron chi connectivity index (χ1n) is 7.79. The molecule has 0 bridgehead atoms. The number of benzene rings is 1. The minimum absolute atomic E-state index is 0.214. The monoisotopic (exact) mass is 296 g/mol. The summed E-state index contributed by atoms with van der Waals surface area (Å²) in [6.07, 6.45) is 3.54. The Morgan fingerprint density at radius 1 is 1.27 bits per heavy atom. The quantitative estimate of drug-likeness (QED) is 0.879. The van der Waals surface area contributed by atoms with E-state index >= 15 is 0 Å². The van der Waals surface area contributed by atoms with Gasteiger partial charge in [0.05, 0.1) is 22.6 Å². The minimum atomic E-state index is -0.214. The lowest BCUT2D eigenvalue weighted by Gasteiger charge is -2.21. The SMILES string of the molecule is N#Cc1c(C2CCNCC2)nn2c1CCc1cc(F)ccc1-2. The van der Waals surface area contributed by atoms with Gasteiger partial charge >= 0.3 is 0 Å². The van der Waals surface area contributed by atoms with Gasteiger partial charge in [0.15, 0.2) is 0 Å². The maximum Gasteiger partial charge on any atom is 0.123 e. The molecule has 1 saturated heterocycles. The van der Waals surface area contributed by atoms with E-state index in [4.69, 9.17) is 5.10 Å². The number of hydrogen-bond donors (Lipinski definition) is 1. The number of nitrogens with one attached hydrogen (secondary N) is 1. The largest absolute Gasteiger partial charge is 0.317 e. The standard InChI is InChI=1S/C17H17FN4/c18-13-2-4-15-12(9-13)1-3-16-14(10-19)17(21-22(15)16)11-5-7-20-8-6-11/h2,4,9,11,20H,1,3,5-8H2. The van der Waals surface area contributed by atoms with E-state index in [-0.39, 0.29) is 5.82 Å². The number of fused-ring (bicyclic) bond motifs is 3. The van der Waals surface area contributed by atoms with E-state index in [2.05, 4.69) is 11.4 Å². The molecule has 3 heterocycles. The molecular formula is C17H17FN4. The molecule has 2 aromatic rings. The van der Waals surface area contributed by atoms with E-state index < -0.39 is 0 Å². The third-order valence-electron chi connectivity index (χ3n) is 4.75. The van der Waals surface area contributed by atoms with Crippen LogP contribution in [0.4, 0.5) is 4.39 Å². The lowest BCUT2D eigenvalue weighted by atomic mass is 9.91. The zero-order valence-corrected chi connectivity index (χ0v) is 12.3. The van der Waals surface area contributed by atoms with Crippen LogP contribution in [0, 0.1) is 17.1 Å². The Morgan fingerprint density at radius 3 is 2.86 bits per heavy atom. The molecule has 2 aliphatic rings. The van der Waals surface area contributed by atoms with Crippen LogP contribution in [0.2, 0.25) is 0 Å². The van der Waals surface area contributed by atoms with Crippen molar-refractivity contribution in [2.45, 2.75) is 31.6 Å². The average molecular weight is 296 g/mol. The third kappa shape index (κ3) is 2.03. The zero-order chi connectivity index (χ0) is 15.1. The maximum absolute atomic E-state index is 13.4. The van der Waals surface area contributed by atoms with Crippen LogP contribution in [-0.4, -0.2) is 22.9 Å². The Hall–Kier alpha value is -2.19. The van der Waals surface area contributed by atoms with Crippen molar-refractivity contribution < 1.29 is 4.39 Å². The second kappa shape index (κ2) is 5.22. The summed E-state index contributed by atoms with van der Waals surface area (Å²) in [4.78, 5) is 0. The number of aryl methyl sites for hydroxylation is 1. The van der Waals surface area contributed by atoms with Crippen LogP contribution >= 0.6 is 0 Å². The highest BCUT2D eigenvalue weighted by molar-refractivity contribution is 5.51. The average Bonchev–Trinajstić information content (AvgIpc) is 2.94. The van der Waals surface area contributed by atoms with Crippen LogP contribution in [0.15, 0.2) is 18.2 Å². The molecule has 5 heteroatoms. The summed E-state index contributed by atoms with van der Waals surface area (Å²) in [6.45, 7) is 1.94. The first-order valence-corrected chi connectivity index (χ1v) is 7.79. The topological polar surface area (TPSA) is 53.6 Å². The maximum atomic E-state index is 13.4. The molecule has 4 rings (SSSR count). The van der Waals surface area contributed by atoms with Gasteiger partial charge in [-0.25, -0.2) is 9.07 Å². The molecule has 4 nitrogen and oxygen atoms in total. The van der Waals surface area contributed by atoms with E-state index in [1.165, 1.54) is 6.07 Å². The van der Waals surface area contributed by atoms with Gasteiger partial charge in [-0.05, 0) is 62.5 Å². The molecule has 2 aliphatic heterocycles. The van der Waals surface area contributed by atoms with Crippen molar-refractivity contribution in [3.8, 4) is 11.8 Å². The predicted molar refractivity (Wildman–Crippen MR) is 80.5 cm³/mol. The van der Waals surface area contributed by atoms with Crippen LogP contribution in [0.3, 0.4) is 0 Å². The van der Waals surface area contributed by atoms with Gasteiger partial charge in [-0.1, -0.05) is 0 Å². The van der Waals surface area contributed by atoms with E-state index in [1.54, 1.807) is 12.1 Å². The Morgan fingerprint density at radius 2 is 2.09 bits per heavy atom. The molecule has 0 aliphatic carbocycles. The first-order chi connectivity index (χ1) is 10.8. The second-order valence-electron chi connectivity index (χ2n) is 6.03. The highest BCUT2D eigenvalue weighted by Gasteiger charge is 2.28. The fraction of sp³-hybridized carbons (Fsp3) is 0.412. The number of piperidine rings is 1. The number of nitrogens with zero attached hydrogens (tertiary/aromatic N) is 3. The summed E-state index contributed by atoms with van der Waals surface area (Å²) in [7, 11) is 0. The van der Waals surface area contributed by atoms with Crippen molar-refractivity contribution in [2.75, 3.05) is 13.1 Å². The normalized spacial score (nSPS) is 17.6. The number of rotatable bonds is 1. The van der Waals surface area contributed by atoms with Crippen molar-refractivity contribution in [2.24, 2.45) is 0 Å². The fourth-order valence-corrected chi connectivity index (χ4v) is 3.62. The van der Waals surface area contributed by atoms with Gasteiger partial charge in [0, 0.05) is 5.92 Å². The summed E-state index contributed by atoms with van der Waals surface area (Å²) in [5.41, 5.74) is 4.53. The molecule has 0 radical (unpaired) electrons. The Balaban J connectivity index is 1.84. The molecule has 0 atom stereocenters. The van der Waals surface area contributed by atoms with Gasteiger partial charge in [0.1, 0.15) is 11.9 Å². The molecule has 22 heavy (non-hydrogen) atoms.